The molecule has 0 aliphatic carbocycles. The van der Waals surface area contributed by atoms with E-state index in [0.29, 0.717) is 21.8 Å². The van der Waals surface area contributed by atoms with Crippen LogP contribution in [0.5, 0.6) is 5.75 Å². The number of nitrogens with one attached hydrogen (secondary N) is 2. The van der Waals surface area contributed by atoms with Gasteiger partial charge < -0.3 is 15.4 Å². The van der Waals surface area contributed by atoms with Gasteiger partial charge >= 0.3 is 0 Å². The maximum absolute atomic E-state index is 12.7. The second kappa shape index (κ2) is 7.01. The Kier molecular flexibility index (Phi) is 4.79. The highest BCUT2D eigenvalue weighted by molar-refractivity contribution is 6.35. The molecule has 0 saturated heterocycles. The van der Waals surface area contributed by atoms with Crippen LogP contribution in [0.3, 0.4) is 0 Å². The van der Waals surface area contributed by atoms with Crippen molar-refractivity contribution in [1.82, 2.24) is 5.32 Å². The lowest BCUT2D eigenvalue weighted by atomic mass is 10.0. The quantitative estimate of drug-likeness (QED) is 0.843. The fourth-order valence-corrected chi connectivity index (χ4v) is 2.98. The zero-order valence-electron chi connectivity index (χ0n) is 12.7. The summed E-state index contributed by atoms with van der Waals surface area (Å²) < 4.78 is 5.39. The van der Waals surface area contributed by atoms with Crippen LogP contribution in [-0.4, -0.2) is 18.4 Å². The van der Waals surface area contributed by atoms with E-state index in [1.165, 1.54) is 12.1 Å². The Hall–Kier alpha value is -2.75. The number of ether oxygens (including phenoxy) is 1. The van der Waals surface area contributed by atoms with E-state index in [9.17, 15) is 9.59 Å². The van der Waals surface area contributed by atoms with Crippen molar-refractivity contribution < 1.29 is 14.3 Å². The number of hydrogen-bond donors (Lipinski definition) is 2. The highest BCUT2D eigenvalue weighted by Crippen LogP contribution is 2.37. The molecule has 2 aromatic carbocycles. The van der Waals surface area contributed by atoms with Gasteiger partial charge in [0.25, 0.3) is 11.8 Å². The standard InChI is InChI=1S/C17H11Cl2N3O3/c18-10-5-12-15(22-14(23)8-25-16(12)13(19)6-10)17(24)21-11-3-1-9(7-20)2-4-11/h1-6,15H,8H2,(H,21,24)(H,22,23). The van der Waals surface area contributed by atoms with Crippen LogP contribution in [0.25, 0.3) is 0 Å². The van der Waals surface area contributed by atoms with Crippen LogP contribution in [0.1, 0.15) is 17.2 Å². The number of carbonyl (C=O) groups is 2. The molecule has 1 unspecified atom stereocenters. The van der Waals surface area contributed by atoms with E-state index < -0.39 is 17.9 Å². The Morgan fingerprint density at radius 3 is 2.68 bits per heavy atom. The number of hydrogen-bond acceptors (Lipinski definition) is 4. The first-order chi connectivity index (χ1) is 12.0. The lowest BCUT2D eigenvalue weighted by molar-refractivity contribution is -0.127. The van der Waals surface area contributed by atoms with Crippen LogP contribution in [0, 0.1) is 11.3 Å². The van der Waals surface area contributed by atoms with Gasteiger partial charge in [-0.05, 0) is 36.4 Å². The number of carbonyl (C=O) groups excluding carboxylic acids is 2. The predicted molar refractivity (Wildman–Crippen MR) is 92.6 cm³/mol. The number of nitriles is 1. The molecule has 1 aliphatic rings. The number of amides is 2. The van der Waals surface area contributed by atoms with E-state index in [0.717, 1.165) is 0 Å². The van der Waals surface area contributed by atoms with E-state index >= 15 is 0 Å². The van der Waals surface area contributed by atoms with Gasteiger partial charge in [0.2, 0.25) is 0 Å². The van der Waals surface area contributed by atoms with E-state index in [2.05, 4.69) is 10.6 Å². The monoisotopic (exact) mass is 375 g/mol. The zero-order chi connectivity index (χ0) is 18.0. The van der Waals surface area contributed by atoms with Gasteiger partial charge in [-0.25, -0.2) is 0 Å². The fourth-order valence-electron chi connectivity index (χ4n) is 2.41. The van der Waals surface area contributed by atoms with Gasteiger partial charge in [0.15, 0.2) is 6.61 Å². The average molecular weight is 376 g/mol. The first kappa shape index (κ1) is 17.1. The maximum Gasteiger partial charge on any atom is 0.258 e. The summed E-state index contributed by atoms with van der Waals surface area (Å²) in [5, 5.41) is 14.6. The minimum Gasteiger partial charge on any atom is -0.482 e. The third-order valence-corrected chi connectivity index (χ3v) is 4.04. The molecule has 2 N–H and O–H groups in total. The van der Waals surface area contributed by atoms with Gasteiger partial charge in [0.1, 0.15) is 11.8 Å². The lowest BCUT2D eigenvalue weighted by Crippen LogP contribution is -2.37. The van der Waals surface area contributed by atoms with Gasteiger partial charge in [-0.15, -0.1) is 0 Å². The summed E-state index contributed by atoms with van der Waals surface area (Å²) in [7, 11) is 0. The lowest BCUT2D eigenvalue weighted by Gasteiger charge is -2.18. The molecular formula is C17H11Cl2N3O3. The highest BCUT2D eigenvalue weighted by atomic mass is 35.5. The molecule has 0 aromatic heterocycles. The zero-order valence-corrected chi connectivity index (χ0v) is 14.2. The van der Waals surface area contributed by atoms with Crippen molar-refractivity contribution in [3.05, 3.63) is 57.6 Å². The smallest absolute Gasteiger partial charge is 0.258 e. The molecule has 1 aliphatic heterocycles. The molecule has 25 heavy (non-hydrogen) atoms. The van der Waals surface area contributed by atoms with Gasteiger partial charge in [-0.2, -0.15) is 5.26 Å². The van der Waals surface area contributed by atoms with Crippen LogP contribution in [0.4, 0.5) is 5.69 Å². The number of rotatable bonds is 2. The molecule has 6 nitrogen and oxygen atoms in total. The number of halogens is 2. The molecule has 2 amide bonds. The van der Waals surface area contributed by atoms with Crippen molar-refractivity contribution in [3.63, 3.8) is 0 Å². The SMILES string of the molecule is N#Cc1ccc(NC(=O)C2NC(=O)COc3c(Cl)cc(Cl)cc32)cc1. The summed E-state index contributed by atoms with van der Waals surface area (Å²) >= 11 is 12.1. The summed E-state index contributed by atoms with van der Waals surface area (Å²) in [6, 6.07) is 10.3. The molecule has 1 heterocycles. The molecule has 3 rings (SSSR count). The molecule has 0 fully saturated rings. The van der Waals surface area contributed by atoms with Crippen molar-refractivity contribution >= 4 is 40.7 Å². The number of fused-ring (bicyclic) bond motifs is 1. The van der Waals surface area contributed by atoms with E-state index in [4.69, 9.17) is 33.2 Å². The Balaban J connectivity index is 1.93. The largest absolute Gasteiger partial charge is 0.482 e. The molecule has 1 atom stereocenters. The van der Waals surface area contributed by atoms with Crippen molar-refractivity contribution in [1.29, 1.82) is 5.26 Å². The van der Waals surface area contributed by atoms with Gasteiger partial charge in [0, 0.05) is 16.3 Å². The Morgan fingerprint density at radius 1 is 1.28 bits per heavy atom. The Bertz CT molecular complexity index is 891. The summed E-state index contributed by atoms with van der Waals surface area (Å²) in [6.45, 7) is -0.255. The molecule has 0 bridgehead atoms. The molecule has 0 spiro atoms. The summed E-state index contributed by atoms with van der Waals surface area (Å²) in [5.74, 6) is -0.698. The Morgan fingerprint density at radius 2 is 2.00 bits per heavy atom. The second-order valence-corrected chi connectivity index (χ2v) is 6.12. The predicted octanol–water partition coefficient (Wildman–Crippen LogP) is 3.05. The third-order valence-electron chi connectivity index (χ3n) is 3.54. The molecule has 2 aromatic rings. The van der Waals surface area contributed by atoms with Crippen LogP contribution >= 0.6 is 23.2 Å². The molecular weight excluding hydrogens is 365 g/mol. The van der Waals surface area contributed by atoms with Gasteiger partial charge in [-0.3, -0.25) is 9.59 Å². The summed E-state index contributed by atoms with van der Waals surface area (Å²) in [6.07, 6.45) is 0. The van der Waals surface area contributed by atoms with Gasteiger partial charge in [-0.1, -0.05) is 23.2 Å². The van der Waals surface area contributed by atoms with Crippen molar-refractivity contribution in [2.45, 2.75) is 6.04 Å². The van der Waals surface area contributed by atoms with E-state index in [-0.39, 0.29) is 17.4 Å². The minimum atomic E-state index is -1.02. The van der Waals surface area contributed by atoms with Crippen LogP contribution < -0.4 is 15.4 Å². The fraction of sp³-hybridized carbons (Fsp3) is 0.118. The first-order valence-corrected chi connectivity index (χ1v) is 7.95. The number of anilines is 1. The Labute approximate surface area is 153 Å². The van der Waals surface area contributed by atoms with Crippen molar-refractivity contribution in [3.8, 4) is 11.8 Å². The molecule has 0 radical (unpaired) electrons. The number of nitrogens with zero attached hydrogens (tertiary/aromatic N) is 1. The van der Waals surface area contributed by atoms with Crippen molar-refractivity contribution in [2.75, 3.05) is 11.9 Å². The molecule has 126 valence electrons. The van der Waals surface area contributed by atoms with Crippen LogP contribution in [-0.2, 0) is 9.59 Å². The maximum atomic E-state index is 12.7. The number of benzene rings is 2. The van der Waals surface area contributed by atoms with Crippen molar-refractivity contribution in [2.24, 2.45) is 0 Å². The van der Waals surface area contributed by atoms with E-state index in [1.54, 1.807) is 24.3 Å². The average Bonchev–Trinajstić information content (AvgIpc) is 2.75. The summed E-state index contributed by atoms with van der Waals surface area (Å²) in [4.78, 5) is 24.5. The molecule has 0 saturated carbocycles. The normalized spacial score (nSPS) is 15.9. The minimum absolute atomic E-state index is 0.218. The highest BCUT2D eigenvalue weighted by Gasteiger charge is 2.31. The third kappa shape index (κ3) is 3.68. The summed E-state index contributed by atoms with van der Waals surface area (Å²) in [5.41, 5.74) is 1.32. The van der Waals surface area contributed by atoms with Crippen LogP contribution in [0.2, 0.25) is 10.0 Å². The van der Waals surface area contributed by atoms with E-state index in [1.807, 2.05) is 6.07 Å². The van der Waals surface area contributed by atoms with Crippen LogP contribution in [0.15, 0.2) is 36.4 Å². The second-order valence-electron chi connectivity index (χ2n) is 5.27. The molecule has 8 heteroatoms. The first-order valence-electron chi connectivity index (χ1n) is 7.20. The van der Waals surface area contributed by atoms with Gasteiger partial charge in [0.05, 0.1) is 16.7 Å². The topological polar surface area (TPSA) is 91.2 Å².